The Bertz CT molecular complexity index is 943. The molecule has 2 amide bonds. The largest absolute Gasteiger partial charge is 0.391 e. The lowest BCUT2D eigenvalue weighted by Gasteiger charge is -2.47. The van der Waals surface area contributed by atoms with Crippen LogP contribution < -0.4 is 10.6 Å². The maximum Gasteiger partial charge on any atom is 0.391 e. The number of likely N-dealkylation sites (tertiary alicyclic amines) is 1. The standard InChI is InChI=1S/C28H40F3N3O3/c1-17(2)23(12-18(3)33-26(35)19-8-6-9-21(13-19)28(29,30)31)24-14-20-16-32-22(10-7-11-37-5)15-25(20)34(4)27(24)36/h7,10,12,19-22,24-25,32H,1,3,6,8-9,11,13-16H2,2,4-5H3,(H,33,35)/b10-7+,23-12+. The average Bonchev–Trinajstić information content (AvgIpc) is 2.84. The van der Waals surface area contributed by atoms with Gasteiger partial charge in [-0.05, 0) is 56.6 Å². The van der Waals surface area contributed by atoms with Crippen LogP contribution in [0.2, 0.25) is 0 Å². The molecule has 1 aliphatic carbocycles. The van der Waals surface area contributed by atoms with Crippen LogP contribution in [0, 0.1) is 23.7 Å². The zero-order chi connectivity index (χ0) is 27.3. The van der Waals surface area contributed by atoms with Crippen LogP contribution in [0.5, 0.6) is 0 Å². The molecule has 6 unspecified atom stereocenters. The number of hydrogen-bond acceptors (Lipinski definition) is 4. The van der Waals surface area contributed by atoms with Crippen LogP contribution in [0.4, 0.5) is 13.2 Å². The van der Waals surface area contributed by atoms with E-state index >= 15 is 0 Å². The number of methoxy groups -OCH3 is 1. The van der Waals surface area contributed by atoms with E-state index in [1.54, 1.807) is 13.2 Å². The van der Waals surface area contributed by atoms with Gasteiger partial charge < -0.3 is 20.3 Å². The van der Waals surface area contributed by atoms with Gasteiger partial charge in [0.05, 0.1) is 18.4 Å². The van der Waals surface area contributed by atoms with E-state index < -0.39 is 29.8 Å². The topological polar surface area (TPSA) is 70.7 Å². The number of fused-ring (bicyclic) bond motifs is 1. The zero-order valence-corrected chi connectivity index (χ0v) is 22.1. The van der Waals surface area contributed by atoms with Gasteiger partial charge in [-0.3, -0.25) is 9.59 Å². The van der Waals surface area contributed by atoms with Crippen molar-refractivity contribution in [2.75, 3.05) is 27.3 Å². The first-order valence-corrected chi connectivity index (χ1v) is 13.0. The van der Waals surface area contributed by atoms with Gasteiger partial charge in [-0.25, -0.2) is 0 Å². The second kappa shape index (κ2) is 12.4. The highest BCUT2D eigenvalue weighted by atomic mass is 19.4. The molecule has 6 atom stereocenters. The number of nitrogens with zero attached hydrogens (tertiary/aromatic N) is 1. The summed E-state index contributed by atoms with van der Waals surface area (Å²) >= 11 is 0. The van der Waals surface area contributed by atoms with Crippen molar-refractivity contribution in [3.8, 4) is 0 Å². The van der Waals surface area contributed by atoms with Gasteiger partial charge in [0.15, 0.2) is 0 Å². The highest BCUT2D eigenvalue weighted by Crippen LogP contribution is 2.40. The number of ether oxygens (including phenoxy) is 1. The van der Waals surface area contributed by atoms with E-state index in [9.17, 15) is 22.8 Å². The third-order valence-electron chi connectivity index (χ3n) is 7.98. The van der Waals surface area contributed by atoms with Crippen LogP contribution >= 0.6 is 0 Å². The molecule has 0 spiro atoms. The highest BCUT2D eigenvalue weighted by molar-refractivity contribution is 5.84. The molecule has 2 heterocycles. The minimum absolute atomic E-state index is 0.00329. The third-order valence-corrected chi connectivity index (χ3v) is 7.98. The van der Waals surface area contributed by atoms with Crippen molar-refractivity contribution < 1.29 is 27.5 Å². The molecule has 0 aromatic heterocycles. The molecule has 206 valence electrons. The van der Waals surface area contributed by atoms with E-state index in [4.69, 9.17) is 4.74 Å². The highest BCUT2D eigenvalue weighted by Gasteiger charge is 2.45. The fraction of sp³-hybridized carbons (Fsp3) is 0.643. The van der Waals surface area contributed by atoms with Crippen molar-refractivity contribution in [1.82, 2.24) is 15.5 Å². The lowest BCUT2D eigenvalue weighted by molar-refractivity contribution is -0.186. The molecule has 0 radical (unpaired) electrons. The number of rotatable bonds is 8. The number of nitrogens with one attached hydrogen (secondary N) is 2. The first-order valence-electron chi connectivity index (χ1n) is 13.0. The fourth-order valence-corrected chi connectivity index (χ4v) is 5.96. The van der Waals surface area contributed by atoms with Crippen molar-refractivity contribution in [3.63, 3.8) is 0 Å². The van der Waals surface area contributed by atoms with Gasteiger partial charge in [0.25, 0.3) is 0 Å². The second-order valence-electron chi connectivity index (χ2n) is 10.7. The Balaban J connectivity index is 1.67. The summed E-state index contributed by atoms with van der Waals surface area (Å²) in [6, 6.07) is 0.287. The predicted octanol–water partition coefficient (Wildman–Crippen LogP) is 4.52. The molecule has 9 heteroatoms. The molecule has 3 fully saturated rings. The monoisotopic (exact) mass is 523 g/mol. The van der Waals surface area contributed by atoms with Gasteiger partial charge in [-0.15, -0.1) is 0 Å². The molecule has 1 saturated carbocycles. The SMILES string of the molecule is C=C(/C=C(\C(=C)C)C1CC2CNC(/C=C/COC)CC2N(C)C1=O)NC(=O)C1CCCC(C(F)(F)F)C1. The minimum Gasteiger partial charge on any atom is -0.381 e. The average molecular weight is 524 g/mol. The van der Waals surface area contributed by atoms with E-state index in [1.165, 1.54) is 0 Å². The van der Waals surface area contributed by atoms with E-state index in [-0.39, 0.29) is 42.4 Å². The van der Waals surface area contributed by atoms with Gasteiger partial charge in [-0.1, -0.05) is 37.3 Å². The molecule has 3 rings (SSSR count). The Morgan fingerprint density at radius 3 is 2.62 bits per heavy atom. The molecule has 3 aliphatic rings. The van der Waals surface area contributed by atoms with Crippen molar-refractivity contribution in [3.05, 3.63) is 48.2 Å². The van der Waals surface area contributed by atoms with Gasteiger partial charge in [0.1, 0.15) is 0 Å². The Morgan fingerprint density at radius 2 is 1.97 bits per heavy atom. The maximum atomic E-state index is 13.4. The molecule has 6 nitrogen and oxygen atoms in total. The first kappa shape index (κ1) is 29.2. The molecular formula is C28H40F3N3O3. The zero-order valence-electron chi connectivity index (χ0n) is 22.1. The summed E-state index contributed by atoms with van der Waals surface area (Å²) in [5.74, 6) is -2.78. The van der Waals surface area contributed by atoms with Crippen molar-refractivity contribution in [2.24, 2.45) is 23.7 Å². The van der Waals surface area contributed by atoms with Crippen molar-refractivity contribution >= 4 is 11.8 Å². The quantitative estimate of drug-likeness (QED) is 0.363. The first-order chi connectivity index (χ1) is 17.4. The molecule has 2 aliphatic heterocycles. The van der Waals surface area contributed by atoms with E-state index in [0.29, 0.717) is 37.0 Å². The summed E-state index contributed by atoms with van der Waals surface area (Å²) in [5, 5.41) is 6.23. The fourth-order valence-electron chi connectivity index (χ4n) is 5.96. The molecule has 0 bridgehead atoms. The Hall–Kier alpha value is -2.39. The normalized spacial score (nSPS) is 31.2. The van der Waals surface area contributed by atoms with Gasteiger partial charge in [-0.2, -0.15) is 13.2 Å². The molecule has 2 saturated heterocycles. The minimum atomic E-state index is -4.29. The maximum absolute atomic E-state index is 13.4. The van der Waals surface area contributed by atoms with Crippen LogP contribution in [0.25, 0.3) is 0 Å². The van der Waals surface area contributed by atoms with Crippen LogP contribution in [0.15, 0.2) is 48.2 Å². The summed E-state index contributed by atoms with van der Waals surface area (Å²) < 4.78 is 44.6. The summed E-state index contributed by atoms with van der Waals surface area (Å²) in [6.45, 7) is 11.1. The number of carbonyl (C=O) groups excluding carboxylic acids is 2. The van der Waals surface area contributed by atoms with Crippen molar-refractivity contribution in [2.45, 2.75) is 63.7 Å². The van der Waals surface area contributed by atoms with Crippen LogP contribution in [0.3, 0.4) is 0 Å². The second-order valence-corrected chi connectivity index (χ2v) is 10.7. The van der Waals surface area contributed by atoms with Gasteiger partial charge >= 0.3 is 6.18 Å². The number of piperidine rings is 2. The number of amides is 2. The van der Waals surface area contributed by atoms with Crippen LogP contribution in [0.1, 0.15) is 45.4 Å². The predicted molar refractivity (Wildman–Crippen MR) is 137 cm³/mol. The third kappa shape index (κ3) is 7.35. The molecule has 0 aromatic rings. The Kier molecular flexibility index (Phi) is 9.80. The smallest absolute Gasteiger partial charge is 0.381 e. The Labute approximate surface area is 218 Å². The lowest BCUT2D eigenvalue weighted by atomic mass is 9.74. The molecular weight excluding hydrogens is 483 g/mol. The number of alkyl halides is 3. The van der Waals surface area contributed by atoms with Crippen LogP contribution in [-0.2, 0) is 14.3 Å². The van der Waals surface area contributed by atoms with Crippen molar-refractivity contribution in [1.29, 1.82) is 0 Å². The molecule has 2 N–H and O–H groups in total. The van der Waals surface area contributed by atoms with Gasteiger partial charge in [0, 0.05) is 44.4 Å². The number of halogens is 3. The number of allylic oxidation sites excluding steroid dienone is 2. The number of carbonyl (C=O) groups is 2. The Morgan fingerprint density at radius 1 is 1.24 bits per heavy atom. The lowest BCUT2D eigenvalue weighted by Crippen LogP contribution is -2.58. The van der Waals surface area contributed by atoms with E-state index in [1.807, 2.05) is 24.9 Å². The van der Waals surface area contributed by atoms with Crippen LogP contribution in [-0.4, -0.2) is 62.3 Å². The summed E-state index contributed by atoms with van der Waals surface area (Å²) in [4.78, 5) is 28.0. The summed E-state index contributed by atoms with van der Waals surface area (Å²) in [7, 11) is 3.48. The summed E-state index contributed by atoms with van der Waals surface area (Å²) in [5.41, 5.74) is 1.65. The number of hydrogen-bond donors (Lipinski definition) is 2. The summed E-state index contributed by atoms with van der Waals surface area (Å²) in [6.07, 6.45) is 3.53. The molecule has 0 aromatic carbocycles. The van der Waals surface area contributed by atoms with Gasteiger partial charge in [0.2, 0.25) is 11.8 Å². The molecule has 37 heavy (non-hydrogen) atoms. The van der Waals surface area contributed by atoms with E-state index in [0.717, 1.165) is 13.0 Å². The van der Waals surface area contributed by atoms with E-state index in [2.05, 4.69) is 29.9 Å².